The summed E-state index contributed by atoms with van der Waals surface area (Å²) in [6, 6.07) is 14.3. The summed E-state index contributed by atoms with van der Waals surface area (Å²) in [5.41, 5.74) is 11.3. The first kappa shape index (κ1) is 18.2. The number of fused-ring (bicyclic) bond motifs is 1. The van der Waals surface area contributed by atoms with Crippen molar-refractivity contribution in [3.63, 3.8) is 0 Å². The molecule has 1 aliphatic heterocycles. The van der Waals surface area contributed by atoms with Crippen LogP contribution in [0.15, 0.2) is 48.7 Å². The summed E-state index contributed by atoms with van der Waals surface area (Å²) in [4.78, 5) is 21.4. The van der Waals surface area contributed by atoms with E-state index in [0.29, 0.717) is 29.4 Å². The highest BCUT2D eigenvalue weighted by molar-refractivity contribution is 5.98. The van der Waals surface area contributed by atoms with Gasteiger partial charge in [0.15, 0.2) is 5.65 Å². The Hall–Kier alpha value is -2.83. The largest absolute Gasteiger partial charge is 0.348 e. The number of carbonyl (C=O) groups excluding carboxylic acids is 1. The molecule has 2 aromatic heterocycles. The molecule has 1 saturated carbocycles. The molecule has 3 N–H and O–H groups in total. The van der Waals surface area contributed by atoms with Crippen LogP contribution in [0.1, 0.15) is 58.8 Å². The predicted molar refractivity (Wildman–Crippen MR) is 112 cm³/mol. The number of hydrogen-bond acceptors (Lipinski definition) is 5. The Bertz CT molecular complexity index is 1050. The maximum Gasteiger partial charge on any atom is 0.253 e. The lowest BCUT2D eigenvalue weighted by molar-refractivity contribution is 0.0950. The molecule has 0 atom stereocenters. The van der Waals surface area contributed by atoms with Crippen molar-refractivity contribution in [2.75, 3.05) is 0 Å². The predicted octanol–water partition coefficient (Wildman–Crippen LogP) is 3.33. The zero-order valence-electron chi connectivity index (χ0n) is 16.5. The van der Waals surface area contributed by atoms with E-state index < -0.39 is 0 Å². The number of pyridine rings is 2. The number of rotatable bonds is 4. The third-order valence-corrected chi connectivity index (χ3v) is 6.25. The molecule has 1 saturated heterocycles. The monoisotopic (exact) mass is 387 g/mol. The van der Waals surface area contributed by atoms with Gasteiger partial charge in [-0.25, -0.2) is 20.8 Å². The van der Waals surface area contributed by atoms with Crippen LogP contribution in [-0.2, 0) is 6.54 Å². The van der Waals surface area contributed by atoms with Gasteiger partial charge in [-0.1, -0.05) is 24.3 Å². The Morgan fingerprint density at radius 3 is 2.66 bits per heavy atom. The van der Waals surface area contributed by atoms with Gasteiger partial charge in [-0.3, -0.25) is 4.79 Å². The van der Waals surface area contributed by atoms with Crippen LogP contribution in [0, 0.1) is 6.92 Å². The van der Waals surface area contributed by atoms with E-state index in [1.165, 1.54) is 31.2 Å². The number of carbonyl (C=O) groups is 1. The molecule has 6 heteroatoms. The van der Waals surface area contributed by atoms with Gasteiger partial charge in [-0.05, 0) is 67.9 Å². The van der Waals surface area contributed by atoms with Crippen LogP contribution in [0.25, 0.3) is 11.0 Å². The van der Waals surface area contributed by atoms with Gasteiger partial charge in [0.1, 0.15) is 0 Å². The molecule has 29 heavy (non-hydrogen) atoms. The first-order chi connectivity index (χ1) is 14.1. The zero-order valence-corrected chi connectivity index (χ0v) is 16.5. The summed E-state index contributed by atoms with van der Waals surface area (Å²) in [6.45, 7) is 2.35. The van der Waals surface area contributed by atoms with Crippen molar-refractivity contribution < 1.29 is 4.79 Å². The Morgan fingerprint density at radius 1 is 1.17 bits per heavy atom. The number of hydrazine groups is 1. The summed E-state index contributed by atoms with van der Waals surface area (Å²) >= 11 is 0. The van der Waals surface area contributed by atoms with Gasteiger partial charge in [0, 0.05) is 18.1 Å². The fourth-order valence-electron chi connectivity index (χ4n) is 4.29. The number of aromatic nitrogens is 2. The molecule has 0 unspecified atom stereocenters. The van der Waals surface area contributed by atoms with E-state index >= 15 is 0 Å². The number of nitrogens with zero attached hydrogens (tertiary/aromatic N) is 2. The number of nitrogens with one attached hydrogen (secondary N) is 3. The molecule has 1 amide bonds. The van der Waals surface area contributed by atoms with Crippen molar-refractivity contribution in [2.45, 2.75) is 50.7 Å². The molecule has 3 heterocycles. The Labute approximate surface area is 170 Å². The minimum Gasteiger partial charge on any atom is -0.348 e. The summed E-state index contributed by atoms with van der Waals surface area (Å²) in [5.74, 6) is 0.528. The second-order valence-electron chi connectivity index (χ2n) is 8.20. The molecule has 148 valence electrons. The number of amides is 1. The summed E-state index contributed by atoms with van der Waals surface area (Å²) < 4.78 is 0. The number of benzene rings is 1. The highest BCUT2D eigenvalue weighted by Crippen LogP contribution is 2.39. The fourth-order valence-corrected chi connectivity index (χ4v) is 4.29. The van der Waals surface area contributed by atoms with E-state index in [9.17, 15) is 4.79 Å². The SMILES string of the molecule is Cc1nc2ncccc2cc1C(=O)NCc1ccc(C2CCC3(CC2)NN3)cc1. The van der Waals surface area contributed by atoms with E-state index in [1.807, 2.05) is 25.1 Å². The fraction of sp³-hybridized carbons (Fsp3) is 0.348. The minimum absolute atomic E-state index is 0.105. The minimum atomic E-state index is -0.105. The molecule has 0 bridgehead atoms. The standard InChI is InChI=1S/C23H25N5O/c1-15-20(13-19-3-2-12-24-21(19)26-15)22(29)25-14-16-4-6-17(7-5-16)18-8-10-23(11-9-18)27-28-23/h2-7,12-13,18,27-28H,8-11,14H2,1H3,(H,25,29). The second kappa shape index (κ2) is 7.21. The lowest BCUT2D eigenvalue weighted by Gasteiger charge is -2.26. The zero-order chi connectivity index (χ0) is 19.8. The van der Waals surface area contributed by atoms with Crippen molar-refractivity contribution in [2.24, 2.45) is 0 Å². The van der Waals surface area contributed by atoms with Crippen LogP contribution in [0.2, 0.25) is 0 Å². The molecule has 5 rings (SSSR count). The Balaban J connectivity index is 1.22. The molecule has 1 spiro atoms. The topological polar surface area (TPSA) is 98.8 Å². The molecule has 1 aromatic carbocycles. The average Bonchev–Trinajstić information content (AvgIpc) is 3.51. The molecular weight excluding hydrogens is 362 g/mol. The first-order valence-corrected chi connectivity index (χ1v) is 10.3. The first-order valence-electron chi connectivity index (χ1n) is 10.3. The van der Waals surface area contributed by atoms with E-state index in [4.69, 9.17) is 0 Å². The van der Waals surface area contributed by atoms with Crippen LogP contribution in [-0.4, -0.2) is 21.5 Å². The van der Waals surface area contributed by atoms with Gasteiger partial charge in [0.2, 0.25) is 0 Å². The van der Waals surface area contributed by atoms with Crippen LogP contribution < -0.4 is 16.2 Å². The molecule has 6 nitrogen and oxygen atoms in total. The molecule has 3 aromatic rings. The molecule has 0 radical (unpaired) electrons. The van der Waals surface area contributed by atoms with Crippen molar-refractivity contribution in [3.8, 4) is 0 Å². The van der Waals surface area contributed by atoms with Gasteiger partial charge in [0.05, 0.1) is 16.9 Å². The second-order valence-corrected chi connectivity index (χ2v) is 8.20. The number of aryl methyl sites for hydroxylation is 1. The van der Waals surface area contributed by atoms with Gasteiger partial charge in [-0.2, -0.15) is 0 Å². The highest BCUT2D eigenvalue weighted by atomic mass is 16.1. The molecular formula is C23H25N5O. The summed E-state index contributed by atoms with van der Waals surface area (Å²) in [6.07, 6.45) is 6.50. The number of hydrogen-bond donors (Lipinski definition) is 3. The quantitative estimate of drug-likeness (QED) is 0.597. The summed E-state index contributed by atoms with van der Waals surface area (Å²) in [5, 5.41) is 3.90. The average molecular weight is 387 g/mol. The van der Waals surface area contributed by atoms with Gasteiger partial charge in [0.25, 0.3) is 5.91 Å². The lowest BCUT2D eigenvalue weighted by Crippen LogP contribution is -2.25. The molecule has 1 aliphatic carbocycles. The van der Waals surface area contributed by atoms with E-state index in [-0.39, 0.29) is 11.6 Å². The van der Waals surface area contributed by atoms with Crippen molar-refractivity contribution in [1.82, 2.24) is 26.1 Å². The Kier molecular flexibility index (Phi) is 4.53. The van der Waals surface area contributed by atoms with Crippen molar-refractivity contribution in [1.29, 1.82) is 0 Å². The smallest absolute Gasteiger partial charge is 0.253 e. The van der Waals surface area contributed by atoms with Crippen molar-refractivity contribution >= 4 is 16.9 Å². The third kappa shape index (κ3) is 3.73. The normalized spacial score (nSPS) is 18.1. The summed E-state index contributed by atoms with van der Waals surface area (Å²) in [7, 11) is 0. The van der Waals surface area contributed by atoms with Crippen LogP contribution in [0.5, 0.6) is 0 Å². The van der Waals surface area contributed by atoms with E-state index in [1.54, 1.807) is 6.20 Å². The van der Waals surface area contributed by atoms with Crippen molar-refractivity contribution in [3.05, 3.63) is 71.0 Å². The van der Waals surface area contributed by atoms with E-state index in [0.717, 1.165) is 10.9 Å². The van der Waals surface area contributed by atoms with Crippen LogP contribution >= 0.6 is 0 Å². The van der Waals surface area contributed by atoms with Crippen LogP contribution in [0.3, 0.4) is 0 Å². The van der Waals surface area contributed by atoms with E-state index in [2.05, 4.69) is 50.4 Å². The lowest BCUT2D eigenvalue weighted by atomic mass is 9.80. The molecule has 2 aliphatic rings. The van der Waals surface area contributed by atoms with Gasteiger partial charge < -0.3 is 5.32 Å². The van der Waals surface area contributed by atoms with Gasteiger partial charge in [-0.15, -0.1) is 0 Å². The van der Waals surface area contributed by atoms with Crippen LogP contribution in [0.4, 0.5) is 0 Å². The maximum atomic E-state index is 12.7. The Morgan fingerprint density at radius 2 is 1.93 bits per heavy atom. The van der Waals surface area contributed by atoms with Gasteiger partial charge >= 0.3 is 0 Å². The molecule has 2 fully saturated rings. The third-order valence-electron chi connectivity index (χ3n) is 6.25. The maximum absolute atomic E-state index is 12.7. The highest BCUT2D eigenvalue weighted by Gasteiger charge is 2.44.